The van der Waals surface area contributed by atoms with Crippen LogP contribution in [0.1, 0.15) is 45.4 Å². The predicted octanol–water partition coefficient (Wildman–Crippen LogP) is 2.19. The van der Waals surface area contributed by atoms with Crippen molar-refractivity contribution in [3.8, 4) is 0 Å². The maximum absolute atomic E-state index is 11.9. The Kier molecular flexibility index (Phi) is 2.56. The average molecular weight is 181 g/mol. The highest BCUT2D eigenvalue weighted by Crippen LogP contribution is 2.33. The van der Waals surface area contributed by atoms with Gasteiger partial charge in [0.25, 0.3) is 0 Å². The van der Waals surface area contributed by atoms with Crippen molar-refractivity contribution in [3.05, 3.63) is 0 Å². The van der Waals surface area contributed by atoms with Crippen molar-refractivity contribution in [2.24, 2.45) is 5.92 Å². The number of hydrogen-bond donors (Lipinski definition) is 0. The summed E-state index contributed by atoms with van der Waals surface area (Å²) in [7, 11) is 0. The predicted molar refractivity (Wildman–Crippen MR) is 52.4 cm³/mol. The summed E-state index contributed by atoms with van der Waals surface area (Å²) in [5.74, 6) is 0.860. The highest BCUT2D eigenvalue weighted by atomic mass is 16.2. The maximum Gasteiger partial charge on any atom is 0.225 e. The fraction of sp³-hybridized carbons (Fsp3) is 0.909. The molecular formula is C11H19NO. The van der Waals surface area contributed by atoms with Gasteiger partial charge >= 0.3 is 0 Å². The van der Waals surface area contributed by atoms with Gasteiger partial charge in [0.1, 0.15) is 0 Å². The third kappa shape index (κ3) is 1.87. The van der Waals surface area contributed by atoms with Gasteiger partial charge in [-0.1, -0.05) is 6.92 Å². The van der Waals surface area contributed by atoms with Crippen LogP contribution in [0.3, 0.4) is 0 Å². The first-order valence-electron chi connectivity index (χ1n) is 5.63. The average Bonchev–Trinajstić information content (AvgIpc) is 3.00. The van der Waals surface area contributed by atoms with E-state index in [2.05, 4.69) is 11.8 Å². The third-order valence-electron chi connectivity index (χ3n) is 3.31. The molecule has 0 spiro atoms. The number of piperidine rings is 1. The van der Waals surface area contributed by atoms with Crippen LogP contribution >= 0.6 is 0 Å². The van der Waals surface area contributed by atoms with E-state index in [0.29, 0.717) is 17.9 Å². The highest BCUT2D eigenvalue weighted by molar-refractivity contribution is 5.81. The second-order valence-corrected chi connectivity index (χ2v) is 4.36. The van der Waals surface area contributed by atoms with Crippen molar-refractivity contribution in [2.75, 3.05) is 6.54 Å². The van der Waals surface area contributed by atoms with Gasteiger partial charge in [0.05, 0.1) is 0 Å². The Morgan fingerprint density at radius 1 is 1.31 bits per heavy atom. The summed E-state index contributed by atoms with van der Waals surface area (Å²) in [6.07, 6.45) is 7.19. The van der Waals surface area contributed by atoms with Crippen LogP contribution in [0.2, 0.25) is 0 Å². The molecule has 2 heteroatoms. The summed E-state index contributed by atoms with van der Waals surface area (Å²) >= 11 is 0. The van der Waals surface area contributed by atoms with Crippen LogP contribution in [0.15, 0.2) is 0 Å². The van der Waals surface area contributed by atoms with E-state index < -0.39 is 0 Å². The van der Waals surface area contributed by atoms with Crippen molar-refractivity contribution < 1.29 is 4.79 Å². The van der Waals surface area contributed by atoms with E-state index >= 15 is 0 Å². The van der Waals surface area contributed by atoms with E-state index in [4.69, 9.17) is 0 Å². The van der Waals surface area contributed by atoms with Crippen molar-refractivity contribution in [2.45, 2.75) is 51.5 Å². The fourth-order valence-corrected chi connectivity index (χ4v) is 2.28. The molecule has 74 valence electrons. The SMILES string of the molecule is CC[C@@H]1CCCCN1C(=O)C1CC1. The molecule has 1 atom stereocenters. The molecule has 0 unspecified atom stereocenters. The number of nitrogens with zero attached hydrogens (tertiary/aromatic N) is 1. The number of amides is 1. The molecule has 0 N–H and O–H groups in total. The number of rotatable bonds is 2. The Labute approximate surface area is 80.3 Å². The van der Waals surface area contributed by atoms with Gasteiger partial charge in [-0.15, -0.1) is 0 Å². The van der Waals surface area contributed by atoms with E-state index in [0.717, 1.165) is 25.8 Å². The smallest absolute Gasteiger partial charge is 0.225 e. The molecule has 2 fully saturated rings. The van der Waals surface area contributed by atoms with Gasteiger partial charge < -0.3 is 4.90 Å². The quantitative estimate of drug-likeness (QED) is 0.639. The fourth-order valence-electron chi connectivity index (χ4n) is 2.28. The molecule has 0 aromatic rings. The summed E-state index contributed by atoms with van der Waals surface area (Å²) in [6.45, 7) is 3.22. The van der Waals surface area contributed by atoms with Gasteiger partial charge in [-0.3, -0.25) is 4.79 Å². The molecule has 0 bridgehead atoms. The molecule has 2 rings (SSSR count). The standard InChI is InChI=1S/C11H19NO/c1-2-10-5-3-4-8-12(10)11(13)9-6-7-9/h9-10H,2-8H2,1H3/t10-/m1/s1. The van der Waals surface area contributed by atoms with Crippen LogP contribution in [-0.2, 0) is 4.79 Å². The van der Waals surface area contributed by atoms with Crippen molar-refractivity contribution >= 4 is 5.91 Å². The Hall–Kier alpha value is -0.530. The molecule has 0 aromatic heterocycles. The number of carbonyl (C=O) groups excluding carboxylic acids is 1. The normalized spacial score (nSPS) is 29.0. The minimum atomic E-state index is 0.409. The molecule has 1 saturated heterocycles. The van der Waals surface area contributed by atoms with Crippen LogP contribution in [0.25, 0.3) is 0 Å². The first kappa shape index (κ1) is 9.04. The Balaban J connectivity index is 1.96. The second-order valence-electron chi connectivity index (χ2n) is 4.36. The second kappa shape index (κ2) is 3.69. The molecule has 1 amide bonds. The molecule has 1 saturated carbocycles. The van der Waals surface area contributed by atoms with Gasteiger partial charge in [-0.25, -0.2) is 0 Å². The summed E-state index contributed by atoms with van der Waals surface area (Å²) in [6, 6.07) is 0.557. The van der Waals surface area contributed by atoms with Crippen LogP contribution in [0.5, 0.6) is 0 Å². The zero-order chi connectivity index (χ0) is 9.26. The molecule has 0 aromatic carbocycles. The molecule has 1 aliphatic carbocycles. The number of likely N-dealkylation sites (tertiary alicyclic amines) is 1. The van der Waals surface area contributed by atoms with Gasteiger partial charge in [-0.05, 0) is 38.5 Å². The molecule has 2 aliphatic rings. The summed E-state index contributed by atoms with van der Waals surface area (Å²) in [5.41, 5.74) is 0. The largest absolute Gasteiger partial charge is 0.339 e. The maximum atomic E-state index is 11.9. The lowest BCUT2D eigenvalue weighted by Gasteiger charge is -2.35. The van der Waals surface area contributed by atoms with Crippen molar-refractivity contribution in [3.63, 3.8) is 0 Å². The van der Waals surface area contributed by atoms with E-state index in [-0.39, 0.29) is 0 Å². The molecule has 1 aliphatic heterocycles. The lowest BCUT2D eigenvalue weighted by atomic mass is 9.99. The molecule has 2 nitrogen and oxygen atoms in total. The van der Waals surface area contributed by atoms with Gasteiger partial charge in [0.2, 0.25) is 5.91 Å². The lowest BCUT2D eigenvalue weighted by molar-refractivity contribution is -0.136. The zero-order valence-electron chi connectivity index (χ0n) is 8.46. The highest BCUT2D eigenvalue weighted by Gasteiger charge is 2.36. The zero-order valence-corrected chi connectivity index (χ0v) is 8.46. The minimum Gasteiger partial charge on any atom is -0.339 e. The summed E-state index contributed by atoms with van der Waals surface area (Å²) < 4.78 is 0. The Morgan fingerprint density at radius 3 is 2.69 bits per heavy atom. The molecule has 13 heavy (non-hydrogen) atoms. The van der Waals surface area contributed by atoms with Crippen LogP contribution in [-0.4, -0.2) is 23.4 Å². The van der Waals surface area contributed by atoms with Crippen molar-refractivity contribution in [1.29, 1.82) is 0 Å². The summed E-state index contributed by atoms with van der Waals surface area (Å²) in [5, 5.41) is 0. The third-order valence-corrected chi connectivity index (χ3v) is 3.31. The molecule has 0 radical (unpaired) electrons. The first-order valence-corrected chi connectivity index (χ1v) is 5.63. The molecule has 1 heterocycles. The van der Waals surface area contributed by atoms with Crippen LogP contribution in [0, 0.1) is 5.92 Å². The van der Waals surface area contributed by atoms with Crippen LogP contribution in [0.4, 0.5) is 0 Å². The lowest BCUT2D eigenvalue weighted by Crippen LogP contribution is -2.44. The van der Waals surface area contributed by atoms with E-state index in [1.807, 2.05) is 0 Å². The number of carbonyl (C=O) groups is 1. The van der Waals surface area contributed by atoms with Gasteiger partial charge in [0, 0.05) is 18.5 Å². The van der Waals surface area contributed by atoms with Crippen LogP contribution < -0.4 is 0 Å². The molecular weight excluding hydrogens is 162 g/mol. The Bertz CT molecular complexity index is 198. The van der Waals surface area contributed by atoms with Gasteiger partial charge in [0.15, 0.2) is 0 Å². The van der Waals surface area contributed by atoms with E-state index in [1.54, 1.807) is 0 Å². The van der Waals surface area contributed by atoms with E-state index in [1.165, 1.54) is 19.3 Å². The first-order chi connectivity index (χ1) is 6.33. The minimum absolute atomic E-state index is 0.409. The number of hydrogen-bond acceptors (Lipinski definition) is 1. The Morgan fingerprint density at radius 2 is 2.08 bits per heavy atom. The summed E-state index contributed by atoms with van der Waals surface area (Å²) in [4.78, 5) is 14.0. The van der Waals surface area contributed by atoms with Gasteiger partial charge in [-0.2, -0.15) is 0 Å². The topological polar surface area (TPSA) is 20.3 Å². The van der Waals surface area contributed by atoms with Crippen molar-refractivity contribution in [1.82, 2.24) is 4.90 Å². The van der Waals surface area contributed by atoms with E-state index in [9.17, 15) is 4.79 Å². The monoisotopic (exact) mass is 181 g/mol.